The molecule has 0 bridgehead atoms. The Morgan fingerprint density at radius 1 is 1.18 bits per heavy atom. The van der Waals surface area contributed by atoms with Crippen LogP contribution in [0.4, 0.5) is 19.0 Å². The van der Waals surface area contributed by atoms with Crippen molar-refractivity contribution < 1.29 is 22.4 Å². The van der Waals surface area contributed by atoms with Crippen molar-refractivity contribution in [2.45, 2.75) is 6.18 Å². The van der Waals surface area contributed by atoms with Gasteiger partial charge in [0.25, 0.3) is 5.91 Å². The zero-order valence-electron chi connectivity index (χ0n) is 14.1. The zero-order valence-corrected chi connectivity index (χ0v) is 14.9. The van der Waals surface area contributed by atoms with Crippen LogP contribution >= 0.6 is 11.6 Å². The quantitative estimate of drug-likeness (QED) is 0.625. The lowest BCUT2D eigenvalue weighted by Gasteiger charge is -2.11. The lowest BCUT2D eigenvalue weighted by molar-refractivity contribution is -0.137. The molecule has 6 nitrogen and oxygen atoms in total. The molecule has 28 heavy (non-hydrogen) atoms. The molecule has 0 aliphatic carbocycles. The highest BCUT2D eigenvalue weighted by Gasteiger charge is 2.31. The highest BCUT2D eigenvalue weighted by molar-refractivity contribution is 6.32. The molecule has 0 saturated heterocycles. The molecule has 10 heteroatoms. The van der Waals surface area contributed by atoms with Gasteiger partial charge < -0.3 is 15.1 Å². The predicted octanol–water partition coefficient (Wildman–Crippen LogP) is 3.70. The van der Waals surface area contributed by atoms with Crippen LogP contribution in [0.5, 0.6) is 0 Å². The number of pyridine rings is 1. The molecule has 0 aliphatic rings. The minimum absolute atomic E-state index is 0.0566. The van der Waals surface area contributed by atoms with Crippen molar-refractivity contribution >= 4 is 34.3 Å². The Bertz CT molecular complexity index is 1080. The van der Waals surface area contributed by atoms with Crippen LogP contribution < -0.4 is 16.1 Å². The third-order valence-electron chi connectivity index (χ3n) is 3.73. The second kappa shape index (κ2) is 7.89. The number of halogens is 4. The number of rotatable bonds is 5. The third kappa shape index (κ3) is 4.42. The van der Waals surface area contributed by atoms with Crippen molar-refractivity contribution in [3.05, 3.63) is 69.2 Å². The van der Waals surface area contributed by atoms with E-state index < -0.39 is 17.6 Å². The maximum atomic E-state index is 12.6. The summed E-state index contributed by atoms with van der Waals surface area (Å²) in [5.74, 6) is -0.688. The first-order chi connectivity index (χ1) is 13.3. The van der Waals surface area contributed by atoms with E-state index in [0.29, 0.717) is 17.2 Å². The van der Waals surface area contributed by atoms with Gasteiger partial charge in [0.1, 0.15) is 11.4 Å². The fourth-order valence-corrected chi connectivity index (χ4v) is 2.62. The van der Waals surface area contributed by atoms with Crippen LogP contribution in [0.15, 0.2) is 51.8 Å². The highest BCUT2D eigenvalue weighted by Crippen LogP contribution is 2.32. The number of nitrogens with zero attached hydrogens (tertiary/aromatic N) is 1. The largest absolute Gasteiger partial charge is 0.451 e. The summed E-state index contributed by atoms with van der Waals surface area (Å²) < 4.78 is 43.2. The van der Waals surface area contributed by atoms with Crippen LogP contribution in [0.1, 0.15) is 16.1 Å². The summed E-state index contributed by atoms with van der Waals surface area (Å²) in [7, 11) is 0. The van der Waals surface area contributed by atoms with E-state index in [2.05, 4.69) is 15.6 Å². The number of hydrogen-bond acceptors (Lipinski definition) is 5. The second-order valence-corrected chi connectivity index (χ2v) is 6.11. The van der Waals surface area contributed by atoms with Gasteiger partial charge in [0.05, 0.1) is 16.0 Å². The van der Waals surface area contributed by atoms with Crippen LogP contribution in [-0.4, -0.2) is 24.0 Å². The number of nitrogens with one attached hydrogen (secondary N) is 2. The van der Waals surface area contributed by atoms with Crippen LogP contribution in [0.2, 0.25) is 5.02 Å². The number of aromatic nitrogens is 1. The van der Waals surface area contributed by atoms with Crippen molar-refractivity contribution in [3.8, 4) is 0 Å². The average molecular weight is 412 g/mol. The molecule has 0 spiro atoms. The number of carbonyl (C=O) groups excluding carboxylic acids is 1. The first kappa shape index (κ1) is 19.7. The normalized spacial score (nSPS) is 11.4. The van der Waals surface area contributed by atoms with Gasteiger partial charge in [0, 0.05) is 25.4 Å². The molecule has 146 valence electrons. The summed E-state index contributed by atoms with van der Waals surface area (Å²) in [6, 6.07) is 8.39. The van der Waals surface area contributed by atoms with Crippen LogP contribution in [0, 0.1) is 0 Å². The Labute approximate surface area is 161 Å². The first-order valence-electron chi connectivity index (χ1n) is 8.03. The number of para-hydroxylation sites is 1. The monoisotopic (exact) mass is 411 g/mol. The Morgan fingerprint density at radius 3 is 2.64 bits per heavy atom. The summed E-state index contributed by atoms with van der Waals surface area (Å²) in [5, 5.41) is 5.42. The van der Waals surface area contributed by atoms with Gasteiger partial charge in [-0.15, -0.1) is 0 Å². The Morgan fingerprint density at radius 2 is 1.93 bits per heavy atom. The van der Waals surface area contributed by atoms with E-state index in [1.807, 2.05) is 0 Å². The van der Waals surface area contributed by atoms with Crippen LogP contribution in [-0.2, 0) is 6.18 Å². The number of hydrogen-bond donors (Lipinski definition) is 2. The van der Waals surface area contributed by atoms with Crippen molar-refractivity contribution in [1.82, 2.24) is 10.3 Å². The Kier molecular flexibility index (Phi) is 5.55. The average Bonchev–Trinajstić information content (AvgIpc) is 2.65. The molecular weight excluding hydrogens is 399 g/mol. The molecule has 2 heterocycles. The standard InChI is InChI=1S/C18H13ClF3N3O3/c19-12-7-10(18(20,21)22)9-25-16(12)23-5-6-24-17(27)15-8-13(26)11-3-1-2-4-14(11)28-15/h1-4,7-9H,5-6H2,(H,23,25)(H,24,27). The molecule has 1 aromatic carbocycles. The van der Waals surface area contributed by atoms with Gasteiger partial charge in [-0.25, -0.2) is 4.98 Å². The van der Waals surface area contributed by atoms with E-state index >= 15 is 0 Å². The molecule has 0 saturated carbocycles. The molecule has 0 unspecified atom stereocenters. The van der Waals surface area contributed by atoms with E-state index in [1.54, 1.807) is 24.3 Å². The number of anilines is 1. The second-order valence-electron chi connectivity index (χ2n) is 5.71. The molecule has 2 aromatic heterocycles. The van der Waals surface area contributed by atoms with Crippen molar-refractivity contribution in [2.24, 2.45) is 0 Å². The lowest BCUT2D eigenvalue weighted by atomic mass is 10.2. The van der Waals surface area contributed by atoms with Crippen LogP contribution in [0.3, 0.4) is 0 Å². The molecular formula is C18H13ClF3N3O3. The maximum Gasteiger partial charge on any atom is 0.417 e. The summed E-state index contributed by atoms with van der Waals surface area (Å²) in [5.41, 5.74) is -1.01. The minimum atomic E-state index is -4.53. The van der Waals surface area contributed by atoms with E-state index in [9.17, 15) is 22.8 Å². The maximum absolute atomic E-state index is 12.6. The number of alkyl halides is 3. The first-order valence-corrected chi connectivity index (χ1v) is 8.41. The van der Waals surface area contributed by atoms with E-state index in [0.717, 1.165) is 12.1 Å². The minimum Gasteiger partial charge on any atom is -0.451 e. The molecule has 0 fully saturated rings. The number of amides is 1. The van der Waals surface area contributed by atoms with E-state index in [4.69, 9.17) is 16.0 Å². The topological polar surface area (TPSA) is 84.2 Å². The summed E-state index contributed by atoms with van der Waals surface area (Å²) in [6.45, 7) is 0.232. The third-order valence-corrected chi connectivity index (χ3v) is 4.02. The van der Waals surface area contributed by atoms with Crippen LogP contribution in [0.25, 0.3) is 11.0 Å². The number of benzene rings is 1. The van der Waals surface area contributed by atoms with Gasteiger partial charge >= 0.3 is 6.18 Å². The number of fused-ring (bicyclic) bond motifs is 1. The predicted molar refractivity (Wildman–Crippen MR) is 97.6 cm³/mol. The smallest absolute Gasteiger partial charge is 0.417 e. The molecule has 1 amide bonds. The van der Waals surface area contributed by atoms with Gasteiger partial charge in [-0.3, -0.25) is 9.59 Å². The van der Waals surface area contributed by atoms with Crippen molar-refractivity contribution in [2.75, 3.05) is 18.4 Å². The molecule has 3 aromatic rings. The zero-order chi connectivity index (χ0) is 20.3. The fourth-order valence-electron chi connectivity index (χ4n) is 2.38. The molecule has 0 radical (unpaired) electrons. The molecule has 2 N–H and O–H groups in total. The van der Waals surface area contributed by atoms with Crippen molar-refractivity contribution in [3.63, 3.8) is 0 Å². The Hall–Kier alpha value is -3.07. The SMILES string of the molecule is O=C(NCCNc1ncc(C(F)(F)F)cc1Cl)c1cc(=O)c2ccccc2o1. The lowest BCUT2D eigenvalue weighted by Crippen LogP contribution is -2.29. The van der Waals surface area contributed by atoms with Gasteiger partial charge in [-0.05, 0) is 18.2 Å². The Balaban J connectivity index is 1.58. The molecule has 0 aliphatic heterocycles. The van der Waals surface area contributed by atoms with Gasteiger partial charge in [-0.1, -0.05) is 23.7 Å². The number of carbonyl (C=O) groups is 1. The van der Waals surface area contributed by atoms with E-state index in [1.165, 1.54) is 0 Å². The van der Waals surface area contributed by atoms with Gasteiger partial charge in [0.15, 0.2) is 11.2 Å². The van der Waals surface area contributed by atoms with Gasteiger partial charge in [0.2, 0.25) is 0 Å². The molecule has 0 atom stereocenters. The van der Waals surface area contributed by atoms with Crippen molar-refractivity contribution in [1.29, 1.82) is 0 Å². The fraction of sp³-hybridized carbons (Fsp3) is 0.167. The summed E-state index contributed by atoms with van der Waals surface area (Å²) in [4.78, 5) is 27.8. The highest BCUT2D eigenvalue weighted by atomic mass is 35.5. The summed E-state index contributed by atoms with van der Waals surface area (Å²) >= 11 is 5.78. The van der Waals surface area contributed by atoms with Gasteiger partial charge in [-0.2, -0.15) is 13.2 Å². The molecule has 3 rings (SSSR count). The summed E-state index contributed by atoms with van der Waals surface area (Å²) in [6.07, 6.45) is -3.87. The van der Waals surface area contributed by atoms with E-state index in [-0.39, 0.29) is 35.1 Å².